The Morgan fingerprint density at radius 3 is 2.60 bits per heavy atom. The van der Waals surface area contributed by atoms with Crippen LogP contribution in [0, 0.1) is 5.92 Å². The van der Waals surface area contributed by atoms with E-state index in [2.05, 4.69) is 22.2 Å². The van der Waals surface area contributed by atoms with Crippen molar-refractivity contribution in [3.05, 3.63) is 66.3 Å². The molecule has 3 atom stereocenters. The van der Waals surface area contributed by atoms with Gasteiger partial charge in [-0.25, -0.2) is 9.79 Å². The normalized spacial score (nSPS) is 19.4. The van der Waals surface area contributed by atoms with Crippen molar-refractivity contribution < 1.29 is 29.4 Å². The first-order chi connectivity index (χ1) is 16.7. The number of benzene rings is 1. The number of carboxylic acids is 2. The van der Waals surface area contributed by atoms with E-state index in [0.29, 0.717) is 13.1 Å². The van der Waals surface area contributed by atoms with Crippen LogP contribution in [0.25, 0.3) is 0 Å². The third-order valence-electron chi connectivity index (χ3n) is 5.58. The summed E-state index contributed by atoms with van der Waals surface area (Å²) in [6.07, 6.45) is 6.74. The fraction of sp³-hybridized carbons (Fsp3) is 0.292. The van der Waals surface area contributed by atoms with Gasteiger partial charge in [-0.2, -0.15) is 0 Å². The monoisotopic (exact) mass is 481 g/mol. The molecule has 0 bridgehead atoms. The standard InChI is InChI=1S/C24H27N5O6/c1-2-11-29(13-14-3-8-18-17(12-14)22(33)28-24(25)27-18)16-6-4-15(5-7-16)21(32)26-19(23(34)35)9-10-20(30)31/h2-8,12,17-19H,1,9-11,13H2,(H,26,32)(H,30,31)(H,34,35)(H3,25,27,28,33). The number of rotatable bonds is 11. The van der Waals surface area contributed by atoms with Crippen molar-refractivity contribution >= 4 is 35.4 Å². The zero-order valence-corrected chi connectivity index (χ0v) is 18.9. The zero-order chi connectivity index (χ0) is 25.5. The van der Waals surface area contributed by atoms with E-state index >= 15 is 0 Å². The molecule has 6 N–H and O–H groups in total. The molecule has 3 unspecified atom stereocenters. The third-order valence-corrected chi connectivity index (χ3v) is 5.58. The molecule has 1 heterocycles. The molecule has 1 aliphatic heterocycles. The van der Waals surface area contributed by atoms with Crippen molar-refractivity contribution in [3.63, 3.8) is 0 Å². The van der Waals surface area contributed by atoms with Gasteiger partial charge in [0, 0.05) is 30.8 Å². The van der Waals surface area contributed by atoms with Crippen LogP contribution in [0.1, 0.15) is 23.2 Å². The molecule has 2 amide bonds. The summed E-state index contributed by atoms with van der Waals surface area (Å²) < 4.78 is 0. The maximum atomic E-state index is 12.5. The van der Waals surface area contributed by atoms with Crippen molar-refractivity contribution in [2.45, 2.75) is 24.9 Å². The summed E-state index contributed by atoms with van der Waals surface area (Å²) in [4.78, 5) is 53.1. The second kappa shape index (κ2) is 11.1. The Kier molecular flexibility index (Phi) is 8.03. The first-order valence-electron chi connectivity index (χ1n) is 10.9. The number of carbonyl (C=O) groups is 4. The number of hydrogen-bond acceptors (Lipinski definition) is 7. The number of aliphatic carboxylic acids is 2. The third kappa shape index (κ3) is 6.56. The molecule has 0 radical (unpaired) electrons. The summed E-state index contributed by atoms with van der Waals surface area (Å²) in [7, 11) is 0. The molecule has 0 aromatic heterocycles. The van der Waals surface area contributed by atoms with Gasteiger partial charge in [-0.1, -0.05) is 24.3 Å². The van der Waals surface area contributed by atoms with Gasteiger partial charge < -0.3 is 26.2 Å². The average molecular weight is 482 g/mol. The van der Waals surface area contributed by atoms with Crippen LogP contribution in [0.3, 0.4) is 0 Å². The minimum atomic E-state index is -1.30. The highest BCUT2D eigenvalue weighted by Crippen LogP contribution is 2.25. The highest BCUT2D eigenvalue weighted by molar-refractivity contribution is 6.01. The smallest absolute Gasteiger partial charge is 0.326 e. The van der Waals surface area contributed by atoms with Gasteiger partial charge in [-0.05, 0) is 36.3 Å². The van der Waals surface area contributed by atoms with Gasteiger partial charge in [-0.3, -0.25) is 19.7 Å². The highest BCUT2D eigenvalue weighted by atomic mass is 16.4. The summed E-state index contributed by atoms with van der Waals surface area (Å²) >= 11 is 0. The Labute approximate surface area is 201 Å². The van der Waals surface area contributed by atoms with Crippen molar-refractivity contribution in [2.75, 3.05) is 18.0 Å². The van der Waals surface area contributed by atoms with Gasteiger partial charge in [0.1, 0.15) is 6.04 Å². The van der Waals surface area contributed by atoms with Gasteiger partial charge in [0.2, 0.25) is 5.91 Å². The first-order valence-corrected chi connectivity index (χ1v) is 10.9. The van der Waals surface area contributed by atoms with Gasteiger partial charge in [-0.15, -0.1) is 6.58 Å². The van der Waals surface area contributed by atoms with Crippen molar-refractivity contribution in [2.24, 2.45) is 16.6 Å². The number of nitrogens with two attached hydrogens (primary N) is 1. The number of nitrogens with one attached hydrogen (secondary N) is 2. The largest absolute Gasteiger partial charge is 0.481 e. The molecule has 1 aromatic carbocycles. The molecule has 0 saturated carbocycles. The quantitative estimate of drug-likeness (QED) is 0.286. The summed E-state index contributed by atoms with van der Waals surface area (Å²) in [5, 5.41) is 22.9. The lowest BCUT2D eigenvalue weighted by atomic mass is 9.90. The van der Waals surface area contributed by atoms with Crippen molar-refractivity contribution in [1.82, 2.24) is 10.6 Å². The SMILES string of the molecule is C=CCN(CC1=CC2C(=O)NC(N)=NC2C=C1)c1ccc(C(=O)NC(CCC(=O)O)C(=O)O)cc1. The molecule has 11 nitrogen and oxygen atoms in total. The maximum absolute atomic E-state index is 12.5. The van der Waals surface area contributed by atoms with Crippen LogP contribution in [0.4, 0.5) is 5.69 Å². The molecule has 1 aliphatic carbocycles. The molecule has 0 spiro atoms. The van der Waals surface area contributed by atoms with Crippen LogP contribution < -0.4 is 21.3 Å². The highest BCUT2D eigenvalue weighted by Gasteiger charge is 2.31. The van der Waals surface area contributed by atoms with Gasteiger partial charge in [0.25, 0.3) is 5.91 Å². The number of carboxylic acid groups (broad SMARTS) is 2. The Morgan fingerprint density at radius 1 is 1.26 bits per heavy atom. The van der Waals surface area contributed by atoms with Crippen LogP contribution in [0.15, 0.2) is 65.7 Å². The van der Waals surface area contributed by atoms with Gasteiger partial charge in [0.05, 0.1) is 12.0 Å². The average Bonchev–Trinajstić information content (AvgIpc) is 2.81. The van der Waals surface area contributed by atoms with Crippen LogP contribution in [-0.2, 0) is 14.4 Å². The fourth-order valence-electron chi connectivity index (χ4n) is 3.82. The lowest BCUT2D eigenvalue weighted by Gasteiger charge is -2.29. The topological polar surface area (TPSA) is 174 Å². The molecule has 0 saturated heterocycles. The molecule has 3 rings (SSSR count). The van der Waals surface area contributed by atoms with Crippen LogP contribution >= 0.6 is 0 Å². The molecular formula is C24H27N5O6. The number of guanidine groups is 1. The summed E-state index contributed by atoms with van der Waals surface area (Å²) in [5.41, 5.74) is 7.56. The lowest BCUT2D eigenvalue weighted by Crippen LogP contribution is -2.48. The van der Waals surface area contributed by atoms with Crippen molar-refractivity contribution in [3.8, 4) is 0 Å². The number of nitrogens with zero attached hydrogens (tertiary/aromatic N) is 2. The van der Waals surface area contributed by atoms with Crippen LogP contribution in [0.5, 0.6) is 0 Å². The molecular weight excluding hydrogens is 454 g/mol. The first kappa shape index (κ1) is 25.2. The number of aliphatic imine (C=N–C) groups is 1. The Bertz CT molecular complexity index is 1110. The number of hydrogen-bond donors (Lipinski definition) is 5. The minimum Gasteiger partial charge on any atom is -0.481 e. The molecule has 1 aromatic rings. The van der Waals surface area contributed by atoms with E-state index in [0.717, 1.165) is 11.3 Å². The summed E-state index contributed by atoms with van der Waals surface area (Å²) in [6.45, 7) is 4.76. The molecule has 2 aliphatic rings. The Hall–Kier alpha value is -4.41. The second-order valence-corrected chi connectivity index (χ2v) is 8.13. The number of carbonyl (C=O) groups excluding carboxylic acids is 2. The summed E-state index contributed by atoms with van der Waals surface area (Å²) in [5.74, 6) is -3.61. The predicted octanol–water partition coefficient (Wildman–Crippen LogP) is 0.652. The van der Waals surface area contributed by atoms with E-state index in [1.807, 2.05) is 23.1 Å². The number of amides is 2. The second-order valence-electron chi connectivity index (χ2n) is 8.13. The Balaban J connectivity index is 1.69. The van der Waals surface area contributed by atoms with Crippen LogP contribution in [-0.4, -0.2) is 65.1 Å². The molecule has 35 heavy (non-hydrogen) atoms. The number of fused-ring (bicyclic) bond motifs is 1. The Morgan fingerprint density at radius 2 is 1.97 bits per heavy atom. The van der Waals surface area contributed by atoms with Gasteiger partial charge >= 0.3 is 11.9 Å². The van der Waals surface area contributed by atoms with Crippen molar-refractivity contribution in [1.29, 1.82) is 0 Å². The number of anilines is 1. The summed E-state index contributed by atoms with van der Waals surface area (Å²) in [6, 6.07) is 4.93. The predicted molar refractivity (Wildman–Crippen MR) is 129 cm³/mol. The maximum Gasteiger partial charge on any atom is 0.326 e. The van der Waals surface area contributed by atoms with E-state index < -0.39 is 29.8 Å². The van der Waals surface area contributed by atoms with E-state index in [4.69, 9.17) is 10.8 Å². The van der Waals surface area contributed by atoms with E-state index in [1.54, 1.807) is 30.3 Å². The van der Waals surface area contributed by atoms with E-state index in [9.17, 15) is 24.3 Å². The van der Waals surface area contributed by atoms with Gasteiger partial charge in [0.15, 0.2) is 5.96 Å². The van der Waals surface area contributed by atoms with E-state index in [-0.39, 0.29) is 36.3 Å². The lowest BCUT2D eigenvalue weighted by molar-refractivity contribution is -0.140. The van der Waals surface area contributed by atoms with E-state index in [1.165, 1.54) is 0 Å². The molecule has 11 heteroatoms. The van der Waals surface area contributed by atoms with Crippen LogP contribution in [0.2, 0.25) is 0 Å². The fourth-order valence-corrected chi connectivity index (χ4v) is 3.82. The molecule has 0 fully saturated rings. The molecule has 184 valence electrons. The minimum absolute atomic E-state index is 0.103. The zero-order valence-electron chi connectivity index (χ0n) is 18.9.